The number of nitrogens with one attached hydrogen (secondary N) is 4. The van der Waals surface area contributed by atoms with Gasteiger partial charge in [0.2, 0.25) is 17.7 Å². The molecule has 12 nitrogen and oxygen atoms in total. The zero-order chi connectivity index (χ0) is 30.6. The number of carboxylic acid groups (broad SMARTS) is 1. The third-order valence-corrected chi connectivity index (χ3v) is 7.03. The molecule has 0 spiro atoms. The lowest BCUT2D eigenvalue weighted by Crippen LogP contribution is -2.59. The predicted molar refractivity (Wildman–Crippen MR) is 155 cm³/mol. The number of aromatic hydroxyl groups is 1. The standard InChI is InChI=1S/C30H38N6O6/c1-3-18(2)26(29(40)35-25(30(41)42)14-20-9-11-22(37)12-10-20)36-28(39)24(13-19-7-5-4-6-8-19)34-27(38)23(31)15-21-16-32-17-33-21/h4-12,16-18,23-26,37H,3,13-15,31H2,1-2H3,(H,32,33)(H,34,38)(H,35,40)(H,36,39)(H,41,42). The van der Waals surface area contributed by atoms with Crippen LogP contribution in [-0.2, 0) is 38.4 Å². The van der Waals surface area contributed by atoms with Gasteiger partial charge < -0.3 is 36.9 Å². The van der Waals surface area contributed by atoms with Crippen molar-refractivity contribution >= 4 is 23.7 Å². The molecule has 0 aliphatic carbocycles. The largest absolute Gasteiger partial charge is 0.508 e. The Kier molecular flexibility index (Phi) is 11.6. The van der Waals surface area contributed by atoms with Gasteiger partial charge in [-0.05, 0) is 29.2 Å². The number of nitrogens with zero attached hydrogens (tertiary/aromatic N) is 1. The highest BCUT2D eigenvalue weighted by atomic mass is 16.4. The van der Waals surface area contributed by atoms with E-state index in [1.54, 1.807) is 25.3 Å². The fourth-order valence-electron chi connectivity index (χ4n) is 4.35. The van der Waals surface area contributed by atoms with Crippen molar-refractivity contribution < 1.29 is 29.4 Å². The predicted octanol–water partition coefficient (Wildman–Crippen LogP) is 1.06. The number of carboxylic acids is 1. The number of amides is 3. The van der Waals surface area contributed by atoms with Crippen LogP contribution in [0.3, 0.4) is 0 Å². The second-order valence-corrected chi connectivity index (χ2v) is 10.3. The van der Waals surface area contributed by atoms with Crippen molar-refractivity contribution in [3.05, 3.63) is 83.9 Å². The highest BCUT2D eigenvalue weighted by Crippen LogP contribution is 2.14. The van der Waals surface area contributed by atoms with E-state index in [9.17, 15) is 29.4 Å². The minimum atomic E-state index is -1.27. The van der Waals surface area contributed by atoms with Crippen molar-refractivity contribution in [2.45, 2.75) is 63.7 Å². The summed E-state index contributed by atoms with van der Waals surface area (Å²) in [4.78, 5) is 58.8. The molecule has 3 rings (SSSR count). The molecule has 2 aromatic carbocycles. The topological polar surface area (TPSA) is 200 Å². The van der Waals surface area contributed by atoms with Gasteiger partial charge in [0.15, 0.2) is 0 Å². The van der Waals surface area contributed by atoms with E-state index in [0.29, 0.717) is 17.7 Å². The van der Waals surface area contributed by atoms with Gasteiger partial charge in [-0.25, -0.2) is 9.78 Å². The number of phenols is 1. The molecule has 0 radical (unpaired) electrons. The quantitative estimate of drug-likeness (QED) is 0.139. The Labute approximate surface area is 244 Å². The molecule has 0 saturated heterocycles. The molecule has 0 saturated carbocycles. The molecule has 0 aliphatic rings. The van der Waals surface area contributed by atoms with Crippen LogP contribution in [0.1, 0.15) is 37.1 Å². The van der Waals surface area contributed by atoms with E-state index in [4.69, 9.17) is 5.73 Å². The zero-order valence-corrected chi connectivity index (χ0v) is 23.6. The Bertz CT molecular complexity index is 1320. The number of carbonyl (C=O) groups excluding carboxylic acids is 3. The number of hydrogen-bond donors (Lipinski definition) is 7. The van der Waals surface area contributed by atoms with Crippen LogP contribution in [0.15, 0.2) is 67.1 Å². The summed E-state index contributed by atoms with van der Waals surface area (Å²) in [6, 6.07) is 10.7. The number of nitrogens with two attached hydrogens (primary N) is 1. The fraction of sp³-hybridized carbons (Fsp3) is 0.367. The molecule has 5 atom stereocenters. The monoisotopic (exact) mass is 578 g/mol. The number of rotatable bonds is 15. The summed E-state index contributed by atoms with van der Waals surface area (Å²) in [5.41, 5.74) is 8.14. The molecule has 3 amide bonds. The summed E-state index contributed by atoms with van der Waals surface area (Å²) in [5.74, 6) is -3.38. The number of aromatic amines is 1. The first-order chi connectivity index (χ1) is 20.1. The van der Waals surface area contributed by atoms with Crippen LogP contribution < -0.4 is 21.7 Å². The van der Waals surface area contributed by atoms with E-state index in [2.05, 4.69) is 25.9 Å². The van der Waals surface area contributed by atoms with Crippen LogP contribution in [0.25, 0.3) is 0 Å². The highest BCUT2D eigenvalue weighted by Gasteiger charge is 2.33. The number of benzene rings is 2. The van der Waals surface area contributed by atoms with Crippen LogP contribution in [0.4, 0.5) is 0 Å². The number of imidazole rings is 1. The van der Waals surface area contributed by atoms with Gasteiger partial charge in [-0.2, -0.15) is 0 Å². The third-order valence-electron chi connectivity index (χ3n) is 7.03. The summed E-state index contributed by atoms with van der Waals surface area (Å²) < 4.78 is 0. The number of aliphatic carboxylic acids is 1. The molecular formula is C30H38N6O6. The molecule has 1 heterocycles. The van der Waals surface area contributed by atoms with Gasteiger partial charge >= 0.3 is 5.97 Å². The molecule has 1 aromatic heterocycles. The smallest absolute Gasteiger partial charge is 0.326 e. The summed E-state index contributed by atoms with van der Waals surface area (Å²) in [5, 5.41) is 27.3. The molecule has 0 fully saturated rings. The van der Waals surface area contributed by atoms with Crippen LogP contribution in [0.5, 0.6) is 5.75 Å². The minimum absolute atomic E-state index is 0.0244. The van der Waals surface area contributed by atoms with Gasteiger partial charge in [0, 0.05) is 31.2 Å². The minimum Gasteiger partial charge on any atom is -0.508 e. The fourth-order valence-corrected chi connectivity index (χ4v) is 4.35. The van der Waals surface area contributed by atoms with Crippen molar-refractivity contribution in [1.29, 1.82) is 0 Å². The Balaban J connectivity index is 1.76. The highest BCUT2D eigenvalue weighted by molar-refractivity contribution is 5.94. The lowest BCUT2D eigenvalue weighted by Gasteiger charge is -2.28. The van der Waals surface area contributed by atoms with Crippen LogP contribution >= 0.6 is 0 Å². The van der Waals surface area contributed by atoms with Crippen molar-refractivity contribution in [3.8, 4) is 5.75 Å². The van der Waals surface area contributed by atoms with E-state index < -0.39 is 47.9 Å². The first-order valence-corrected chi connectivity index (χ1v) is 13.8. The van der Waals surface area contributed by atoms with Crippen molar-refractivity contribution in [3.63, 3.8) is 0 Å². The second-order valence-electron chi connectivity index (χ2n) is 10.3. The van der Waals surface area contributed by atoms with Crippen molar-refractivity contribution in [2.24, 2.45) is 11.7 Å². The summed E-state index contributed by atoms with van der Waals surface area (Å²) in [7, 11) is 0. The lowest BCUT2D eigenvalue weighted by atomic mass is 9.96. The Morgan fingerprint density at radius 3 is 2.07 bits per heavy atom. The maximum Gasteiger partial charge on any atom is 0.326 e. The van der Waals surface area contributed by atoms with Gasteiger partial charge in [0.05, 0.1) is 12.4 Å². The van der Waals surface area contributed by atoms with E-state index >= 15 is 0 Å². The number of hydrogen-bond acceptors (Lipinski definition) is 7. The van der Waals surface area contributed by atoms with E-state index in [0.717, 1.165) is 5.56 Å². The van der Waals surface area contributed by atoms with Gasteiger partial charge in [-0.15, -0.1) is 0 Å². The molecule has 0 aliphatic heterocycles. The molecule has 12 heteroatoms. The van der Waals surface area contributed by atoms with E-state index in [-0.39, 0.29) is 30.9 Å². The molecule has 0 bridgehead atoms. The Morgan fingerprint density at radius 2 is 1.48 bits per heavy atom. The summed E-state index contributed by atoms with van der Waals surface area (Å²) >= 11 is 0. The average molecular weight is 579 g/mol. The maximum atomic E-state index is 13.6. The SMILES string of the molecule is CCC(C)C(NC(=O)C(Cc1ccccc1)NC(=O)C(N)Cc1cnc[nH]1)C(=O)NC(Cc1ccc(O)cc1)C(=O)O. The first-order valence-electron chi connectivity index (χ1n) is 13.8. The van der Waals surface area contributed by atoms with Gasteiger partial charge in [-0.1, -0.05) is 62.7 Å². The molecule has 5 unspecified atom stereocenters. The molecule has 42 heavy (non-hydrogen) atoms. The van der Waals surface area contributed by atoms with Crippen molar-refractivity contribution in [1.82, 2.24) is 25.9 Å². The van der Waals surface area contributed by atoms with Crippen molar-refractivity contribution in [2.75, 3.05) is 0 Å². The Hall–Kier alpha value is -4.71. The number of H-pyrrole nitrogens is 1. The van der Waals surface area contributed by atoms with Gasteiger partial charge in [0.1, 0.15) is 23.9 Å². The molecular weight excluding hydrogens is 540 g/mol. The van der Waals surface area contributed by atoms with Crippen LogP contribution in [-0.4, -0.2) is 68.0 Å². The summed E-state index contributed by atoms with van der Waals surface area (Å²) in [6.07, 6.45) is 3.85. The first kappa shape index (κ1) is 31.8. The molecule has 3 aromatic rings. The average Bonchev–Trinajstić information content (AvgIpc) is 3.49. The zero-order valence-electron chi connectivity index (χ0n) is 23.6. The van der Waals surface area contributed by atoms with Crippen LogP contribution in [0, 0.1) is 5.92 Å². The normalized spacial score (nSPS) is 14.5. The number of carbonyl (C=O) groups is 4. The number of phenolic OH excluding ortho intramolecular Hbond substituents is 1. The van der Waals surface area contributed by atoms with Gasteiger partial charge in [0.25, 0.3) is 0 Å². The van der Waals surface area contributed by atoms with E-state index in [1.165, 1.54) is 18.5 Å². The maximum absolute atomic E-state index is 13.6. The summed E-state index contributed by atoms with van der Waals surface area (Å²) in [6.45, 7) is 3.62. The lowest BCUT2D eigenvalue weighted by molar-refractivity contribution is -0.142. The van der Waals surface area contributed by atoms with Gasteiger partial charge in [-0.3, -0.25) is 14.4 Å². The molecule has 8 N–H and O–H groups in total. The third kappa shape index (κ3) is 9.44. The molecule has 224 valence electrons. The number of aromatic nitrogens is 2. The van der Waals surface area contributed by atoms with Crippen LogP contribution in [0.2, 0.25) is 0 Å². The van der Waals surface area contributed by atoms with E-state index in [1.807, 2.05) is 37.3 Å². The second kappa shape index (κ2) is 15.3. The Morgan fingerprint density at radius 1 is 0.857 bits per heavy atom.